The molecule has 0 saturated heterocycles. The molecule has 0 aromatic heterocycles. The number of aromatic hydroxyl groups is 2. The fourth-order valence-electron chi connectivity index (χ4n) is 6.25. The van der Waals surface area contributed by atoms with Gasteiger partial charge < -0.3 is 20.0 Å². The van der Waals surface area contributed by atoms with Crippen molar-refractivity contribution in [2.24, 2.45) is 0 Å². The average Bonchev–Trinajstić information content (AvgIpc) is 2.82. The van der Waals surface area contributed by atoms with E-state index in [4.69, 9.17) is 9.05 Å². The van der Waals surface area contributed by atoms with Gasteiger partial charge in [0.15, 0.2) is 0 Å². The first-order chi connectivity index (χ1) is 21.1. The van der Waals surface area contributed by atoms with Gasteiger partial charge in [-0.3, -0.25) is 0 Å². The van der Waals surface area contributed by atoms with Crippen LogP contribution in [0, 0.1) is 0 Å². The third-order valence-electron chi connectivity index (χ3n) is 8.03. The first kappa shape index (κ1) is 47.6. The van der Waals surface area contributed by atoms with E-state index in [2.05, 4.69) is 83.1 Å². The van der Waals surface area contributed by atoms with E-state index < -0.39 is 16.5 Å². The van der Waals surface area contributed by atoms with Crippen molar-refractivity contribution in [3.05, 3.63) is 56.6 Å². The van der Waals surface area contributed by atoms with E-state index in [-0.39, 0.29) is 62.2 Å². The summed E-state index contributed by atoms with van der Waals surface area (Å²) in [6.07, 6.45) is 0. The molecule has 49 heavy (non-hydrogen) atoms. The van der Waals surface area contributed by atoms with Crippen LogP contribution in [0.2, 0.25) is 0 Å². The van der Waals surface area contributed by atoms with Crippen molar-refractivity contribution in [1.29, 1.82) is 0 Å². The van der Waals surface area contributed by atoms with Crippen molar-refractivity contribution >= 4 is 16.5 Å². The Morgan fingerprint density at radius 2 is 0.714 bits per heavy atom. The molecular formula is C38H62NiO8P2+2. The molecule has 0 amide bonds. The summed E-state index contributed by atoms with van der Waals surface area (Å²) >= 11 is 0. The molecule has 280 valence electrons. The molecule has 0 spiro atoms. The molecule has 2 rings (SSSR count). The van der Waals surface area contributed by atoms with Gasteiger partial charge in [0.1, 0.15) is 24.7 Å². The van der Waals surface area contributed by atoms with Gasteiger partial charge in [-0.1, -0.05) is 125 Å². The van der Waals surface area contributed by atoms with Crippen LogP contribution in [0.25, 0.3) is 0 Å². The summed E-state index contributed by atoms with van der Waals surface area (Å²) in [6.45, 7) is 36.9. The van der Waals surface area contributed by atoms with Crippen LogP contribution in [0.1, 0.15) is 169 Å². The van der Waals surface area contributed by atoms with Crippen molar-refractivity contribution in [2.75, 3.05) is 0 Å². The Hall–Kier alpha value is -1.43. The van der Waals surface area contributed by atoms with Gasteiger partial charge in [-0.05, 0) is 87.1 Å². The van der Waals surface area contributed by atoms with Gasteiger partial charge in [0.05, 0.1) is 0 Å². The van der Waals surface area contributed by atoms with Crippen LogP contribution in [0.15, 0.2) is 12.1 Å². The zero-order valence-corrected chi connectivity index (χ0v) is 35.9. The van der Waals surface area contributed by atoms with Crippen molar-refractivity contribution in [1.82, 2.24) is 0 Å². The van der Waals surface area contributed by atoms with Crippen molar-refractivity contribution in [2.45, 2.75) is 170 Å². The molecule has 0 bridgehead atoms. The van der Waals surface area contributed by atoms with E-state index in [0.717, 1.165) is 44.5 Å². The number of rotatable bonds is 6. The first-order valence-corrected chi connectivity index (χ1v) is 18.7. The van der Waals surface area contributed by atoms with Crippen LogP contribution in [0.3, 0.4) is 0 Å². The molecule has 0 heterocycles. The molecule has 0 fully saturated rings. The fourth-order valence-corrected chi connectivity index (χ4v) is 6.74. The van der Waals surface area contributed by atoms with Crippen molar-refractivity contribution < 1.29 is 54.7 Å². The van der Waals surface area contributed by atoms with Gasteiger partial charge in [-0.25, -0.2) is 0 Å². The van der Waals surface area contributed by atoms with E-state index in [1.807, 2.05) is 53.7 Å². The molecule has 0 aliphatic heterocycles. The summed E-state index contributed by atoms with van der Waals surface area (Å²) in [4.78, 5) is 21.9. The Kier molecular flexibility index (Phi) is 16.0. The summed E-state index contributed by atoms with van der Waals surface area (Å²) in [5, 5.41) is 22.1. The summed E-state index contributed by atoms with van der Waals surface area (Å²) in [6, 6.07) is 3.79. The minimum absolute atomic E-state index is 0. The second-order valence-electron chi connectivity index (χ2n) is 18.9. The Bertz CT molecular complexity index is 1380. The maximum Gasteiger partial charge on any atom is 2.00 e. The monoisotopic (exact) mass is 766 g/mol. The number of hydrogen-bond donors (Lipinski definition) is 2. The molecule has 2 unspecified atom stereocenters. The van der Waals surface area contributed by atoms with E-state index >= 15 is 0 Å². The molecule has 2 aromatic rings. The number of hydrogen-bond acceptors (Lipinski definition) is 8. The quantitative estimate of drug-likeness (QED) is 0.219. The normalized spacial score (nSPS) is 13.7. The van der Waals surface area contributed by atoms with Gasteiger partial charge in [0.2, 0.25) is 0 Å². The zero-order valence-electron chi connectivity index (χ0n) is 33.1. The standard InChI is InChI=1S/2C19H31O4P.Ni/c2*1-17(2,3)13-10-12(11-23-24(21)22)14(18(4,5)6)15(16(13)20)19(7,8)9;/h2*10,20H,11H2,1-9H3;/q;;+2. The minimum Gasteiger partial charge on any atom is -0.566 e. The second-order valence-corrected chi connectivity index (χ2v) is 20.3. The largest absolute Gasteiger partial charge is 2.00 e. The third-order valence-corrected chi connectivity index (χ3v) is 8.71. The maximum absolute atomic E-state index is 11.0. The van der Waals surface area contributed by atoms with Gasteiger partial charge in [0.25, 0.3) is 0 Å². The van der Waals surface area contributed by atoms with Gasteiger partial charge >= 0.3 is 33.0 Å². The molecule has 0 radical (unpaired) electrons. The van der Waals surface area contributed by atoms with Gasteiger partial charge in [-0.2, -0.15) is 0 Å². The predicted octanol–water partition coefficient (Wildman–Crippen LogP) is 9.64. The molecule has 2 N–H and O–H groups in total. The summed E-state index contributed by atoms with van der Waals surface area (Å²) in [5.41, 5.74) is 5.24. The molecule has 2 aromatic carbocycles. The Labute approximate surface area is 308 Å². The Morgan fingerprint density at radius 1 is 0.490 bits per heavy atom. The van der Waals surface area contributed by atoms with Crippen molar-refractivity contribution in [3.63, 3.8) is 0 Å². The number of benzene rings is 2. The fraction of sp³-hybridized carbons (Fsp3) is 0.684. The predicted molar refractivity (Wildman–Crippen MR) is 193 cm³/mol. The first-order valence-electron chi connectivity index (χ1n) is 16.5. The van der Waals surface area contributed by atoms with E-state index in [1.165, 1.54) is 0 Å². The Balaban J connectivity index is 0.000000922. The van der Waals surface area contributed by atoms with Crippen LogP contribution in [-0.2, 0) is 80.4 Å². The van der Waals surface area contributed by atoms with Crippen LogP contribution in [0.4, 0.5) is 0 Å². The molecular weight excluding hydrogens is 705 g/mol. The van der Waals surface area contributed by atoms with Crippen LogP contribution in [-0.4, -0.2) is 10.2 Å². The third kappa shape index (κ3) is 12.9. The SMILES string of the molecule is CC(C)(C)c1cc(CO[P+](=O)[O-])c(C(C)(C)C)c(C(C)(C)C)c1O.CC(C)(C)c1cc(CO[P+](=O)[O-])c(C(C)(C)C)c(C(C)(C)C)c1O.[Ni+2]. The molecule has 0 aliphatic carbocycles. The smallest absolute Gasteiger partial charge is 0.566 e. The number of phenolic OH excluding ortho intramolecular Hbond substituents is 2. The number of phenols is 2. The average molecular weight is 768 g/mol. The topological polar surface area (TPSA) is 139 Å². The zero-order chi connectivity index (χ0) is 38.2. The van der Waals surface area contributed by atoms with E-state index in [0.29, 0.717) is 11.5 Å². The summed E-state index contributed by atoms with van der Waals surface area (Å²) in [7, 11) is -5.84. The summed E-state index contributed by atoms with van der Waals surface area (Å²) < 4.78 is 31.7. The second kappa shape index (κ2) is 16.5. The molecule has 8 nitrogen and oxygen atoms in total. The maximum atomic E-state index is 11.0. The van der Waals surface area contributed by atoms with E-state index in [1.54, 1.807) is 0 Å². The molecule has 11 heteroatoms. The Morgan fingerprint density at radius 3 is 0.878 bits per heavy atom. The van der Waals surface area contributed by atoms with Crippen LogP contribution in [0.5, 0.6) is 11.5 Å². The van der Waals surface area contributed by atoms with Gasteiger partial charge in [0, 0.05) is 11.1 Å². The van der Waals surface area contributed by atoms with E-state index in [9.17, 15) is 29.1 Å². The van der Waals surface area contributed by atoms with Crippen LogP contribution >= 0.6 is 16.5 Å². The van der Waals surface area contributed by atoms with Crippen LogP contribution < -0.4 is 9.79 Å². The summed E-state index contributed by atoms with van der Waals surface area (Å²) in [5.74, 6) is 0.602. The van der Waals surface area contributed by atoms with Gasteiger partial charge in [-0.15, -0.1) is 9.05 Å². The van der Waals surface area contributed by atoms with Crippen molar-refractivity contribution in [3.8, 4) is 11.5 Å². The molecule has 2 atom stereocenters. The molecule has 0 saturated carbocycles. The minimum atomic E-state index is -2.92. The molecule has 0 aliphatic rings.